The number of rotatable bonds is 7. The highest BCUT2D eigenvalue weighted by molar-refractivity contribution is 5.76. The van der Waals surface area contributed by atoms with Crippen LogP contribution >= 0.6 is 0 Å². The first-order chi connectivity index (χ1) is 11.8. The van der Waals surface area contributed by atoms with E-state index in [4.69, 9.17) is 4.74 Å². The van der Waals surface area contributed by atoms with Gasteiger partial charge in [0.1, 0.15) is 0 Å². The SMILES string of the molecule is CN1CCCC1C1CCCN1C(=O)CCCOCc1ccccc1. The Kier molecular flexibility index (Phi) is 6.27. The Labute approximate surface area is 145 Å². The van der Waals surface area contributed by atoms with Gasteiger partial charge in [0.15, 0.2) is 0 Å². The molecule has 1 aromatic carbocycles. The van der Waals surface area contributed by atoms with Crippen LogP contribution < -0.4 is 0 Å². The van der Waals surface area contributed by atoms with Crippen molar-refractivity contribution in [2.45, 2.75) is 57.2 Å². The van der Waals surface area contributed by atoms with Gasteiger partial charge in [-0.05, 0) is 51.3 Å². The van der Waals surface area contributed by atoms with E-state index in [9.17, 15) is 4.79 Å². The smallest absolute Gasteiger partial charge is 0.222 e. The zero-order chi connectivity index (χ0) is 16.8. The first kappa shape index (κ1) is 17.4. The largest absolute Gasteiger partial charge is 0.377 e. The second kappa shape index (κ2) is 8.63. The lowest BCUT2D eigenvalue weighted by Gasteiger charge is -2.33. The van der Waals surface area contributed by atoms with E-state index in [1.165, 1.54) is 31.4 Å². The molecule has 2 aliphatic rings. The molecule has 2 aliphatic heterocycles. The molecule has 132 valence electrons. The fourth-order valence-electron chi connectivity index (χ4n) is 4.16. The van der Waals surface area contributed by atoms with Gasteiger partial charge in [-0.25, -0.2) is 0 Å². The number of hydrogen-bond donors (Lipinski definition) is 0. The predicted octanol–water partition coefficient (Wildman–Crippen LogP) is 3.07. The van der Waals surface area contributed by atoms with Gasteiger partial charge in [-0.2, -0.15) is 0 Å². The molecule has 0 N–H and O–H groups in total. The normalized spacial score (nSPS) is 24.6. The molecule has 2 heterocycles. The second-order valence-electron chi connectivity index (χ2n) is 7.13. The van der Waals surface area contributed by atoms with Crippen molar-refractivity contribution in [1.82, 2.24) is 9.80 Å². The van der Waals surface area contributed by atoms with Crippen molar-refractivity contribution in [2.24, 2.45) is 0 Å². The molecule has 2 fully saturated rings. The Morgan fingerprint density at radius 3 is 2.62 bits per heavy atom. The van der Waals surface area contributed by atoms with Gasteiger partial charge in [0.25, 0.3) is 0 Å². The highest BCUT2D eigenvalue weighted by Gasteiger charge is 2.37. The quantitative estimate of drug-likeness (QED) is 0.720. The molecule has 2 saturated heterocycles. The average Bonchev–Trinajstić information content (AvgIpc) is 3.23. The molecule has 3 rings (SSSR count). The number of likely N-dealkylation sites (N-methyl/N-ethyl adjacent to an activating group) is 1. The average molecular weight is 330 g/mol. The van der Waals surface area contributed by atoms with Crippen molar-refractivity contribution >= 4 is 5.91 Å². The predicted molar refractivity (Wildman–Crippen MR) is 95.7 cm³/mol. The summed E-state index contributed by atoms with van der Waals surface area (Å²) in [5, 5.41) is 0. The molecule has 0 bridgehead atoms. The molecule has 0 spiro atoms. The molecular formula is C20H30N2O2. The summed E-state index contributed by atoms with van der Waals surface area (Å²) in [6, 6.07) is 11.2. The summed E-state index contributed by atoms with van der Waals surface area (Å²) in [4.78, 5) is 17.2. The minimum absolute atomic E-state index is 0.320. The van der Waals surface area contributed by atoms with Gasteiger partial charge < -0.3 is 14.5 Å². The van der Waals surface area contributed by atoms with Gasteiger partial charge in [0, 0.05) is 31.7 Å². The number of benzene rings is 1. The molecule has 4 heteroatoms. The standard InChI is InChI=1S/C20H30N2O2/c1-21-13-5-10-18(21)19-11-6-14-22(19)20(23)12-7-15-24-16-17-8-3-2-4-9-17/h2-4,8-9,18-19H,5-7,10-16H2,1H3. The molecule has 0 radical (unpaired) electrons. The summed E-state index contributed by atoms with van der Waals surface area (Å²) in [5.41, 5.74) is 1.19. The van der Waals surface area contributed by atoms with Gasteiger partial charge in [-0.1, -0.05) is 30.3 Å². The zero-order valence-electron chi connectivity index (χ0n) is 14.8. The minimum Gasteiger partial charge on any atom is -0.377 e. The number of likely N-dealkylation sites (tertiary alicyclic amines) is 2. The van der Waals surface area contributed by atoms with Crippen molar-refractivity contribution in [3.8, 4) is 0 Å². The maximum atomic E-state index is 12.6. The Hall–Kier alpha value is -1.39. The maximum absolute atomic E-state index is 12.6. The maximum Gasteiger partial charge on any atom is 0.222 e. The van der Waals surface area contributed by atoms with Gasteiger partial charge >= 0.3 is 0 Å². The fourth-order valence-corrected chi connectivity index (χ4v) is 4.16. The summed E-state index contributed by atoms with van der Waals surface area (Å²) in [6.45, 7) is 3.41. The van der Waals surface area contributed by atoms with E-state index in [1.807, 2.05) is 18.2 Å². The van der Waals surface area contributed by atoms with Crippen molar-refractivity contribution in [3.63, 3.8) is 0 Å². The monoisotopic (exact) mass is 330 g/mol. The van der Waals surface area contributed by atoms with Crippen LogP contribution in [0.1, 0.15) is 44.1 Å². The molecule has 24 heavy (non-hydrogen) atoms. The van der Waals surface area contributed by atoms with Crippen LogP contribution in [0.25, 0.3) is 0 Å². The number of nitrogens with zero attached hydrogens (tertiary/aromatic N) is 2. The highest BCUT2D eigenvalue weighted by Crippen LogP contribution is 2.29. The van der Waals surface area contributed by atoms with Gasteiger partial charge in [0.05, 0.1) is 6.61 Å². The molecule has 4 nitrogen and oxygen atoms in total. The number of hydrogen-bond acceptors (Lipinski definition) is 3. The van der Waals surface area contributed by atoms with E-state index in [2.05, 4.69) is 29.0 Å². The van der Waals surface area contributed by atoms with Crippen LogP contribution in [-0.2, 0) is 16.1 Å². The molecule has 1 amide bonds. The van der Waals surface area contributed by atoms with E-state index in [0.717, 1.165) is 19.4 Å². The lowest BCUT2D eigenvalue weighted by molar-refractivity contribution is -0.133. The van der Waals surface area contributed by atoms with Gasteiger partial charge in [-0.3, -0.25) is 4.79 Å². The first-order valence-electron chi connectivity index (χ1n) is 9.37. The molecule has 0 aromatic heterocycles. The topological polar surface area (TPSA) is 32.8 Å². The van der Waals surface area contributed by atoms with E-state index < -0.39 is 0 Å². The number of carbonyl (C=O) groups excluding carboxylic acids is 1. The Balaban J connectivity index is 1.38. The number of ether oxygens (including phenoxy) is 1. The van der Waals surface area contributed by atoms with Gasteiger partial charge in [0.2, 0.25) is 5.91 Å². The van der Waals surface area contributed by atoms with Crippen molar-refractivity contribution in [2.75, 3.05) is 26.7 Å². The van der Waals surface area contributed by atoms with Crippen molar-refractivity contribution in [1.29, 1.82) is 0 Å². The molecule has 2 unspecified atom stereocenters. The third-order valence-electron chi connectivity index (χ3n) is 5.43. The van der Waals surface area contributed by atoms with Crippen LogP contribution in [0, 0.1) is 0 Å². The zero-order valence-corrected chi connectivity index (χ0v) is 14.8. The van der Waals surface area contributed by atoms with Crippen LogP contribution in [0.2, 0.25) is 0 Å². The highest BCUT2D eigenvalue weighted by atomic mass is 16.5. The van der Waals surface area contributed by atoms with Gasteiger partial charge in [-0.15, -0.1) is 0 Å². The van der Waals surface area contributed by atoms with Crippen molar-refractivity contribution < 1.29 is 9.53 Å². The Morgan fingerprint density at radius 1 is 1.12 bits per heavy atom. The molecule has 0 saturated carbocycles. The molecular weight excluding hydrogens is 300 g/mol. The van der Waals surface area contributed by atoms with Crippen LogP contribution in [-0.4, -0.2) is 54.5 Å². The molecule has 1 aromatic rings. The third kappa shape index (κ3) is 4.37. The number of carbonyl (C=O) groups is 1. The lowest BCUT2D eigenvalue weighted by Crippen LogP contribution is -2.47. The Bertz CT molecular complexity index is 520. The summed E-state index contributed by atoms with van der Waals surface area (Å²) >= 11 is 0. The lowest BCUT2D eigenvalue weighted by atomic mass is 10.0. The Morgan fingerprint density at radius 2 is 1.88 bits per heavy atom. The van der Waals surface area contributed by atoms with E-state index >= 15 is 0 Å². The van der Waals surface area contributed by atoms with E-state index in [1.54, 1.807) is 0 Å². The summed E-state index contributed by atoms with van der Waals surface area (Å²) in [5.74, 6) is 0.320. The first-order valence-corrected chi connectivity index (χ1v) is 9.37. The number of amides is 1. The van der Waals surface area contributed by atoms with E-state index in [0.29, 0.717) is 37.6 Å². The van der Waals surface area contributed by atoms with Crippen molar-refractivity contribution in [3.05, 3.63) is 35.9 Å². The molecule has 2 atom stereocenters. The summed E-state index contributed by atoms with van der Waals surface area (Å²) in [6.07, 6.45) is 6.27. The van der Waals surface area contributed by atoms with Crippen LogP contribution in [0.15, 0.2) is 30.3 Å². The van der Waals surface area contributed by atoms with Crippen LogP contribution in [0.4, 0.5) is 0 Å². The van der Waals surface area contributed by atoms with E-state index in [-0.39, 0.29) is 0 Å². The third-order valence-corrected chi connectivity index (χ3v) is 5.43. The summed E-state index contributed by atoms with van der Waals surface area (Å²) < 4.78 is 5.70. The van der Waals surface area contributed by atoms with Crippen LogP contribution in [0.5, 0.6) is 0 Å². The van der Waals surface area contributed by atoms with Crippen LogP contribution in [0.3, 0.4) is 0 Å². The molecule has 0 aliphatic carbocycles. The fraction of sp³-hybridized carbons (Fsp3) is 0.650. The second-order valence-corrected chi connectivity index (χ2v) is 7.13. The summed E-state index contributed by atoms with van der Waals surface area (Å²) in [7, 11) is 2.20. The minimum atomic E-state index is 0.320.